The zero-order valence-electron chi connectivity index (χ0n) is 12.4. The molecule has 2 aromatic rings. The van der Waals surface area contributed by atoms with E-state index in [1.54, 1.807) is 19.1 Å². The van der Waals surface area contributed by atoms with E-state index >= 15 is 0 Å². The summed E-state index contributed by atoms with van der Waals surface area (Å²) in [6.07, 6.45) is 0.414. The number of hydrogen-bond donors (Lipinski definition) is 1. The summed E-state index contributed by atoms with van der Waals surface area (Å²) in [5.74, 6) is -1.41. The van der Waals surface area contributed by atoms with Crippen LogP contribution in [0.3, 0.4) is 0 Å². The fourth-order valence-electron chi connectivity index (χ4n) is 2.09. The highest BCUT2D eigenvalue weighted by Crippen LogP contribution is 2.30. The van der Waals surface area contributed by atoms with Gasteiger partial charge in [-0.15, -0.1) is 0 Å². The number of rotatable bonds is 4. The third-order valence-corrected chi connectivity index (χ3v) is 3.31. The average Bonchev–Trinajstić information content (AvgIpc) is 2.37. The number of aryl methyl sites for hydroxylation is 2. The number of benzene rings is 2. The second-order valence-electron chi connectivity index (χ2n) is 5.42. The van der Waals surface area contributed by atoms with Crippen LogP contribution < -0.4 is 10.5 Å². The number of halogens is 2. The number of nitrogens with two attached hydrogens (primary N) is 1. The molecule has 2 rings (SSSR count). The maximum Gasteiger partial charge on any atom is 0.198 e. The van der Waals surface area contributed by atoms with Gasteiger partial charge in [0.05, 0.1) is 0 Å². The minimum atomic E-state index is -0.719. The molecule has 4 heteroatoms. The van der Waals surface area contributed by atoms with Crippen molar-refractivity contribution >= 4 is 0 Å². The lowest BCUT2D eigenvalue weighted by Crippen LogP contribution is -2.18. The minimum Gasteiger partial charge on any atom is -0.451 e. The minimum absolute atomic E-state index is 0.157. The monoisotopic (exact) mass is 291 g/mol. The molecule has 1 atom stereocenters. The quantitative estimate of drug-likeness (QED) is 0.913. The molecule has 21 heavy (non-hydrogen) atoms. The first-order chi connectivity index (χ1) is 9.86. The van der Waals surface area contributed by atoms with Gasteiger partial charge in [0.2, 0.25) is 0 Å². The van der Waals surface area contributed by atoms with Gasteiger partial charge in [-0.2, -0.15) is 0 Å². The van der Waals surface area contributed by atoms with Crippen molar-refractivity contribution in [2.45, 2.75) is 33.2 Å². The Labute approximate surface area is 123 Å². The van der Waals surface area contributed by atoms with E-state index in [0.29, 0.717) is 17.7 Å². The van der Waals surface area contributed by atoms with Gasteiger partial charge in [-0.25, -0.2) is 8.78 Å². The largest absolute Gasteiger partial charge is 0.451 e. The van der Waals surface area contributed by atoms with E-state index in [2.05, 4.69) is 0 Å². The Morgan fingerprint density at radius 3 is 2.19 bits per heavy atom. The van der Waals surface area contributed by atoms with E-state index in [0.717, 1.165) is 11.1 Å². The fraction of sp³-hybridized carbons (Fsp3) is 0.294. The molecule has 0 aliphatic carbocycles. The molecule has 112 valence electrons. The average molecular weight is 291 g/mol. The van der Waals surface area contributed by atoms with Gasteiger partial charge < -0.3 is 10.5 Å². The summed E-state index contributed by atoms with van der Waals surface area (Å²) in [6.45, 7) is 5.67. The zero-order valence-corrected chi connectivity index (χ0v) is 12.4. The van der Waals surface area contributed by atoms with Crippen LogP contribution in [0, 0.1) is 25.5 Å². The van der Waals surface area contributed by atoms with Gasteiger partial charge in [0.1, 0.15) is 5.75 Å². The van der Waals surface area contributed by atoms with E-state index < -0.39 is 11.6 Å². The SMILES string of the molecule is Cc1ccc(Oc2c(F)cc(CC(C)N)cc2F)cc1C. The lowest BCUT2D eigenvalue weighted by atomic mass is 10.1. The summed E-state index contributed by atoms with van der Waals surface area (Å²) in [7, 11) is 0. The highest BCUT2D eigenvalue weighted by molar-refractivity contribution is 5.39. The molecule has 0 saturated heterocycles. The molecule has 2 N–H and O–H groups in total. The highest BCUT2D eigenvalue weighted by atomic mass is 19.1. The van der Waals surface area contributed by atoms with E-state index in [9.17, 15) is 8.78 Å². The Kier molecular flexibility index (Phi) is 4.58. The lowest BCUT2D eigenvalue weighted by Gasteiger charge is -2.12. The van der Waals surface area contributed by atoms with E-state index in [1.807, 2.05) is 19.9 Å². The number of hydrogen-bond acceptors (Lipinski definition) is 2. The second-order valence-corrected chi connectivity index (χ2v) is 5.42. The van der Waals surface area contributed by atoms with Crippen molar-refractivity contribution in [3.63, 3.8) is 0 Å². The zero-order chi connectivity index (χ0) is 15.6. The van der Waals surface area contributed by atoms with Crippen molar-refractivity contribution < 1.29 is 13.5 Å². The summed E-state index contributed by atoms with van der Waals surface area (Å²) in [5, 5.41) is 0. The second kappa shape index (κ2) is 6.22. The fourth-order valence-corrected chi connectivity index (χ4v) is 2.09. The summed E-state index contributed by atoms with van der Waals surface area (Å²) in [6, 6.07) is 7.67. The van der Waals surface area contributed by atoms with Crippen LogP contribution in [0.2, 0.25) is 0 Å². The van der Waals surface area contributed by atoms with Crippen LogP contribution in [0.4, 0.5) is 8.78 Å². The highest BCUT2D eigenvalue weighted by Gasteiger charge is 2.14. The van der Waals surface area contributed by atoms with E-state index in [-0.39, 0.29) is 11.8 Å². The van der Waals surface area contributed by atoms with Crippen LogP contribution in [-0.4, -0.2) is 6.04 Å². The van der Waals surface area contributed by atoms with Crippen LogP contribution in [0.1, 0.15) is 23.6 Å². The third kappa shape index (κ3) is 3.79. The first-order valence-electron chi connectivity index (χ1n) is 6.85. The van der Waals surface area contributed by atoms with Crippen LogP contribution in [0.15, 0.2) is 30.3 Å². The van der Waals surface area contributed by atoms with Crippen LogP contribution in [0.25, 0.3) is 0 Å². The Bertz CT molecular complexity index is 630. The molecule has 0 heterocycles. The maximum atomic E-state index is 14.0. The van der Waals surface area contributed by atoms with E-state index in [1.165, 1.54) is 12.1 Å². The van der Waals surface area contributed by atoms with Gasteiger partial charge in [-0.1, -0.05) is 6.07 Å². The molecule has 0 bridgehead atoms. The Balaban J connectivity index is 2.29. The van der Waals surface area contributed by atoms with E-state index in [4.69, 9.17) is 10.5 Å². The molecule has 0 amide bonds. The molecule has 2 aromatic carbocycles. The van der Waals surface area contributed by atoms with Gasteiger partial charge in [0.15, 0.2) is 17.4 Å². The van der Waals surface area contributed by atoms with Crippen molar-refractivity contribution in [3.05, 3.63) is 58.7 Å². The van der Waals surface area contributed by atoms with Gasteiger partial charge in [0.25, 0.3) is 0 Å². The predicted molar refractivity (Wildman–Crippen MR) is 79.7 cm³/mol. The molecule has 0 saturated carbocycles. The molecule has 2 nitrogen and oxygen atoms in total. The maximum absolute atomic E-state index is 14.0. The molecule has 1 unspecified atom stereocenters. The topological polar surface area (TPSA) is 35.2 Å². The summed E-state index contributed by atoms with van der Waals surface area (Å²) in [4.78, 5) is 0. The van der Waals surface area contributed by atoms with Crippen molar-refractivity contribution in [2.24, 2.45) is 5.73 Å². The molecular weight excluding hydrogens is 272 g/mol. The molecule has 0 radical (unpaired) electrons. The Hall–Kier alpha value is -1.94. The standard InChI is InChI=1S/C17H19F2NO/c1-10-4-5-14(6-11(10)2)21-17-15(18)8-13(7-12(3)20)9-16(17)19/h4-6,8-9,12H,7,20H2,1-3H3. The molecule has 0 aliphatic rings. The van der Waals surface area contributed by atoms with Gasteiger partial charge in [-0.3, -0.25) is 0 Å². The lowest BCUT2D eigenvalue weighted by molar-refractivity contribution is 0.406. The van der Waals surface area contributed by atoms with Crippen LogP contribution >= 0.6 is 0 Å². The molecule has 0 aliphatic heterocycles. The van der Waals surface area contributed by atoms with Crippen molar-refractivity contribution in [1.29, 1.82) is 0 Å². The first kappa shape index (κ1) is 15.4. The summed E-state index contributed by atoms with van der Waals surface area (Å²) >= 11 is 0. The first-order valence-corrected chi connectivity index (χ1v) is 6.85. The summed E-state index contributed by atoms with van der Waals surface area (Å²) in [5.41, 5.74) is 8.26. The molecule has 0 aromatic heterocycles. The Morgan fingerprint density at radius 2 is 1.67 bits per heavy atom. The van der Waals surface area contributed by atoms with Crippen molar-refractivity contribution in [1.82, 2.24) is 0 Å². The third-order valence-electron chi connectivity index (χ3n) is 3.31. The predicted octanol–water partition coefficient (Wildman–Crippen LogP) is 4.26. The number of ether oxygens (including phenoxy) is 1. The van der Waals surface area contributed by atoms with Gasteiger partial charge in [0, 0.05) is 6.04 Å². The molecular formula is C17H19F2NO. The summed E-state index contributed by atoms with van der Waals surface area (Å²) < 4.78 is 33.4. The molecule has 0 spiro atoms. The van der Waals surface area contributed by atoms with Gasteiger partial charge >= 0.3 is 0 Å². The van der Waals surface area contributed by atoms with Crippen LogP contribution in [0.5, 0.6) is 11.5 Å². The van der Waals surface area contributed by atoms with Gasteiger partial charge in [-0.05, 0) is 68.1 Å². The van der Waals surface area contributed by atoms with Crippen molar-refractivity contribution in [3.8, 4) is 11.5 Å². The molecule has 0 fully saturated rings. The smallest absolute Gasteiger partial charge is 0.198 e. The normalized spacial score (nSPS) is 12.3. The van der Waals surface area contributed by atoms with Crippen molar-refractivity contribution in [2.75, 3.05) is 0 Å². The Morgan fingerprint density at radius 1 is 1.05 bits per heavy atom. The van der Waals surface area contributed by atoms with Crippen LogP contribution in [-0.2, 0) is 6.42 Å².